The number of pyridine rings is 1. The predicted octanol–water partition coefficient (Wildman–Crippen LogP) is 1.16. The van der Waals surface area contributed by atoms with Gasteiger partial charge in [-0.3, -0.25) is 4.98 Å². The van der Waals surface area contributed by atoms with Crippen molar-refractivity contribution in [2.45, 2.75) is 25.8 Å². The molecule has 1 saturated heterocycles. The van der Waals surface area contributed by atoms with Crippen LogP contribution >= 0.6 is 0 Å². The van der Waals surface area contributed by atoms with Gasteiger partial charge in [-0.15, -0.1) is 10.2 Å². The highest BCUT2D eigenvalue weighted by Gasteiger charge is 2.23. The molecule has 2 aromatic heterocycles. The van der Waals surface area contributed by atoms with Crippen LogP contribution < -0.4 is 0 Å². The van der Waals surface area contributed by atoms with E-state index in [-0.39, 0.29) is 0 Å². The Balaban J connectivity index is 1.42. The van der Waals surface area contributed by atoms with E-state index >= 15 is 0 Å². The topological polar surface area (TPSA) is 56.1 Å². The smallest absolute Gasteiger partial charge is 0.137 e. The minimum atomic E-state index is 0.702. The summed E-state index contributed by atoms with van der Waals surface area (Å²) in [5.41, 5.74) is 1.19. The van der Waals surface area contributed by atoms with Crippen molar-refractivity contribution in [3.8, 4) is 0 Å². The van der Waals surface area contributed by atoms with Crippen molar-refractivity contribution in [2.75, 3.05) is 32.8 Å². The first kappa shape index (κ1) is 14.8. The second-order valence-corrected chi connectivity index (χ2v) is 6.50. The summed E-state index contributed by atoms with van der Waals surface area (Å²) < 4.78 is 7.81. The maximum absolute atomic E-state index is 5.50. The molecule has 0 amide bonds. The van der Waals surface area contributed by atoms with Crippen LogP contribution in [0, 0.1) is 5.92 Å². The summed E-state index contributed by atoms with van der Waals surface area (Å²) in [5, 5.41) is 8.83. The lowest BCUT2D eigenvalue weighted by Gasteiger charge is -2.22. The monoisotopic (exact) mass is 313 g/mol. The van der Waals surface area contributed by atoms with Crippen molar-refractivity contribution in [3.05, 3.63) is 41.7 Å². The minimum Gasteiger partial charge on any atom is -0.381 e. The van der Waals surface area contributed by atoms with E-state index in [1.165, 1.54) is 12.0 Å². The molecule has 0 radical (unpaired) electrons. The first-order chi connectivity index (χ1) is 11.4. The van der Waals surface area contributed by atoms with Crippen molar-refractivity contribution in [3.63, 3.8) is 0 Å². The van der Waals surface area contributed by atoms with Gasteiger partial charge in [0.1, 0.15) is 11.6 Å². The largest absolute Gasteiger partial charge is 0.381 e. The Morgan fingerprint density at radius 2 is 2.22 bits per heavy atom. The lowest BCUT2D eigenvalue weighted by Crippen LogP contribution is -2.32. The molecule has 2 aromatic rings. The van der Waals surface area contributed by atoms with Gasteiger partial charge in [-0.25, -0.2) is 0 Å². The van der Waals surface area contributed by atoms with Crippen molar-refractivity contribution in [1.82, 2.24) is 24.6 Å². The number of fused-ring (bicyclic) bond motifs is 1. The Morgan fingerprint density at radius 1 is 1.22 bits per heavy atom. The van der Waals surface area contributed by atoms with Gasteiger partial charge in [0.05, 0.1) is 6.61 Å². The first-order valence-electron chi connectivity index (χ1n) is 8.48. The third kappa shape index (κ3) is 3.43. The molecule has 0 bridgehead atoms. The van der Waals surface area contributed by atoms with Crippen LogP contribution in [0.4, 0.5) is 0 Å². The molecule has 0 unspecified atom stereocenters. The predicted molar refractivity (Wildman–Crippen MR) is 86.1 cm³/mol. The van der Waals surface area contributed by atoms with Crippen LogP contribution in [-0.2, 0) is 24.1 Å². The first-order valence-corrected chi connectivity index (χ1v) is 8.48. The van der Waals surface area contributed by atoms with Gasteiger partial charge in [0.2, 0.25) is 0 Å². The quantitative estimate of drug-likeness (QED) is 0.848. The highest BCUT2D eigenvalue weighted by Crippen LogP contribution is 2.17. The van der Waals surface area contributed by atoms with Gasteiger partial charge in [-0.2, -0.15) is 0 Å². The molecule has 23 heavy (non-hydrogen) atoms. The van der Waals surface area contributed by atoms with E-state index in [2.05, 4.69) is 30.7 Å². The third-order valence-electron chi connectivity index (χ3n) is 4.82. The number of ether oxygens (including phenoxy) is 1. The van der Waals surface area contributed by atoms with Crippen LogP contribution in [0.1, 0.15) is 23.6 Å². The molecular formula is C17H23N5O. The van der Waals surface area contributed by atoms with Gasteiger partial charge in [0.25, 0.3) is 0 Å². The molecule has 1 fully saturated rings. The summed E-state index contributed by atoms with van der Waals surface area (Å²) in [5.74, 6) is 2.88. The zero-order valence-corrected chi connectivity index (χ0v) is 13.4. The molecule has 4 heterocycles. The summed E-state index contributed by atoms with van der Waals surface area (Å²) in [6.45, 7) is 6.12. The number of nitrogens with zero attached hydrogens (tertiary/aromatic N) is 5. The molecule has 6 nitrogen and oxygen atoms in total. The molecule has 2 aliphatic heterocycles. The fourth-order valence-corrected chi connectivity index (χ4v) is 3.52. The van der Waals surface area contributed by atoms with Gasteiger partial charge in [-0.1, -0.05) is 6.07 Å². The molecule has 0 aromatic carbocycles. The second-order valence-electron chi connectivity index (χ2n) is 6.50. The van der Waals surface area contributed by atoms with Gasteiger partial charge < -0.3 is 14.2 Å². The Labute approximate surface area is 136 Å². The van der Waals surface area contributed by atoms with Gasteiger partial charge in [0, 0.05) is 58.0 Å². The third-order valence-corrected chi connectivity index (χ3v) is 4.82. The molecule has 2 aliphatic rings. The van der Waals surface area contributed by atoms with Crippen LogP contribution in [0.3, 0.4) is 0 Å². The molecule has 0 N–H and O–H groups in total. The molecule has 6 heteroatoms. The molecular weight excluding hydrogens is 290 g/mol. The lowest BCUT2D eigenvalue weighted by molar-refractivity contribution is 0.167. The molecule has 4 rings (SSSR count). The number of aromatic nitrogens is 4. The van der Waals surface area contributed by atoms with Crippen LogP contribution in [0.5, 0.6) is 0 Å². The molecule has 0 saturated carbocycles. The molecule has 122 valence electrons. The fraction of sp³-hybridized carbons (Fsp3) is 0.588. The van der Waals surface area contributed by atoms with Crippen LogP contribution in [0.2, 0.25) is 0 Å². The average Bonchev–Trinajstić information content (AvgIpc) is 3.17. The normalized spacial score (nSPS) is 22.0. The lowest BCUT2D eigenvalue weighted by atomic mass is 10.1. The highest BCUT2D eigenvalue weighted by molar-refractivity contribution is 5.15. The fourth-order valence-electron chi connectivity index (χ4n) is 3.52. The van der Waals surface area contributed by atoms with E-state index in [1.54, 1.807) is 6.20 Å². The minimum absolute atomic E-state index is 0.702. The van der Waals surface area contributed by atoms with E-state index < -0.39 is 0 Å². The summed E-state index contributed by atoms with van der Waals surface area (Å²) in [4.78, 5) is 6.75. The SMILES string of the molecule is c1cncc(Cc2nnc3n2CCN(C[C@@H]2CCOC2)CC3)c1. The molecule has 0 aliphatic carbocycles. The van der Waals surface area contributed by atoms with E-state index in [4.69, 9.17) is 4.74 Å². The van der Waals surface area contributed by atoms with Gasteiger partial charge >= 0.3 is 0 Å². The number of hydrogen-bond donors (Lipinski definition) is 0. The van der Waals surface area contributed by atoms with E-state index in [0.717, 1.165) is 63.9 Å². The highest BCUT2D eigenvalue weighted by atomic mass is 16.5. The summed E-state index contributed by atoms with van der Waals surface area (Å²) in [6.07, 6.45) is 6.70. The van der Waals surface area contributed by atoms with Crippen LogP contribution in [0.15, 0.2) is 24.5 Å². The van der Waals surface area contributed by atoms with Crippen molar-refractivity contribution in [1.29, 1.82) is 0 Å². The second kappa shape index (κ2) is 6.76. The Bertz CT molecular complexity index is 636. The van der Waals surface area contributed by atoms with Gasteiger partial charge in [-0.05, 0) is 24.0 Å². The van der Waals surface area contributed by atoms with Crippen molar-refractivity contribution >= 4 is 0 Å². The number of hydrogen-bond acceptors (Lipinski definition) is 5. The zero-order valence-electron chi connectivity index (χ0n) is 13.4. The maximum Gasteiger partial charge on any atom is 0.137 e. The molecule has 1 atom stereocenters. The average molecular weight is 313 g/mol. The Kier molecular flexibility index (Phi) is 4.35. The Hall–Kier alpha value is -1.79. The zero-order chi connectivity index (χ0) is 15.5. The van der Waals surface area contributed by atoms with Crippen molar-refractivity contribution < 1.29 is 4.74 Å². The Morgan fingerprint density at radius 3 is 3.04 bits per heavy atom. The van der Waals surface area contributed by atoms with Gasteiger partial charge in [0.15, 0.2) is 0 Å². The van der Waals surface area contributed by atoms with Crippen molar-refractivity contribution in [2.24, 2.45) is 5.92 Å². The summed E-state index contributed by atoms with van der Waals surface area (Å²) in [6, 6.07) is 4.07. The number of rotatable bonds is 4. The van der Waals surface area contributed by atoms with E-state index in [0.29, 0.717) is 5.92 Å². The van der Waals surface area contributed by atoms with E-state index in [9.17, 15) is 0 Å². The van der Waals surface area contributed by atoms with Crippen LogP contribution in [-0.4, -0.2) is 57.5 Å². The summed E-state index contributed by atoms with van der Waals surface area (Å²) >= 11 is 0. The maximum atomic E-state index is 5.50. The van der Waals surface area contributed by atoms with Crippen LogP contribution in [0.25, 0.3) is 0 Å². The molecule has 0 spiro atoms. The van der Waals surface area contributed by atoms with E-state index in [1.807, 2.05) is 12.3 Å². The standard InChI is InChI=1S/C17H23N5O/c1-2-14(11-18-5-1)10-17-20-19-16-3-6-21(7-8-22(16)17)12-15-4-9-23-13-15/h1-2,5,11,15H,3-4,6-10,12-13H2/t15-/m0/s1. The summed E-state index contributed by atoms with van der Waals surface area (Å²) in [7, 11) is 0.